The van der Waals surface area contributed by atoms with Crippen LogP contribution in [-0.2, 0) is 11.3 Å². The molecule has 0 saturated heterocycles. The van der Waals surface area contributed by atoms with Crippen molar-refractivity contribution in [1.29, 1.82) is 0 Å². The Bertz CT molecular complexity index is 493. The van der Waals surface area contributed by atoms with Crippen molar-refractivity contribution in [3.05, 3.63) is 35.4 Å². The minimum absolute atomic E-state index is 0.0453. The number of benzene rings is 1. The molecule has 0 heterocycles. The average Bonchev–Trinajstić information content (AvgIpc) is 2.78. The van der Waals surface area contributed by atoms with Crippen molar-refractivity contribution in [2.45, 2.75) is 38.3 Å². The Kier molecular flexibility index (Phi) is 4.70. The summed E-state index contributed by atoms with van der Waals surface area (Å²) in [6, 6.07) is 3.50. The first-order valence-corrected chi connectivity index (χ1v) is 6.91. The predicted octanol–water partition coefficient (Wildman–Crippen LogP) is 2.44. The van der Waals surface area contributed by atoms with Gasteiger partial charge in [-0.1, -0.05) is 12.5 Å². The number of nitrogens with zero attached hydrogens (tertiary/aromatic N) is 1. The minimum Gasteiger partial charge on any atom is -0.341 e. The number of carbonyl (C=O) groups is 1. The number of carbonyl (C=O) groups excluding carboxylic acids is 1. The third-order valence-corrected chi connectivity index (χ3v) is 4.00. The number of halogens is 2. The molecule has 0 unspecified atom stereocenters. The third kappa shape index (κ3) is 3.54. The fraction of sp³-hybridized carbons (Fsp3) is 0.533. The molecule has 1 fully saturated rings. The van der Waals surface area contributed by atoms with Crippen LogP contribution in [0.3, 0.4) is 0 Å². The van der Waals surface area contributed by atoms with Crippen molar-refractivity contribution in [3.8, 4) is 0 Å². The van der Waals surface area contributed by atoms with Crippen molar-refractivity contribution >= 4 is 5.91 Å². The largest absolute Gasteiger partial charge is 0.341 e. The molecule has 0 aromatic heterocycles. The van der Waals surface area contributed by atoms with Crippen LogP contribution in [-0.4, -0.2) is 23.9 Å². The SMILES string of the molecule is CN(Cc1ccc(F)cc1F)C(=O)C[C@@H]1CCC[C@H]1N. The standard InChI is InChI=1S/C15H20F2N2O/c1-19(9-11-5-6-12(16)8-13(11)17)15(20)7-10-3-2-4-14(10)18/h5-6,8,10,14H,2-4,7,9,18H2,1H3/t10-,14+/m0/s1. The second-order valence-corrected chi connectivity index (χ2v) is 5.54. The highest BCUT2D eigenvalue weighted by Gasteiger charge is 2.27. The van der Waals surface area contributed by atoms with E-state index in [-0.39, 0.29) is 24.4 Å². The third-order valence-electron chi connectivity index (χ3n) is 4.00. The molecule has 3 nitrogen and oxygen atoms in total. The zero-order chi connectivity index (χ0) is 14.7. The van der Waals surface area contributed by atoms with E-state index in [4.69, 9.17) is 5.73 Å². The maximum absolute atomic E-state index is 13.5. The molecule has 0 bridgehead atoms. The first-order valence-electron chi connectivity index (χ1n) is 6.91. The van der Waals surface area contributed by atoms with E-state index >= 15 is 0 Å². The predicted molar refractivity (Wildman–Crippen MR) is 72.8 cm³/mol. The zero-order valence-corrected chi connectivity index (χ0v) is 11.6. The summed E-state index contributed by atoms with van der Waals surface area (Å²) in [5.74, 6) is -1.06. The van der Waals surface area contributed by atoms with Crippen LogP contribution in [0.1, 0.15) is 31.2 Å². The van der Waals surface area contributed by atoms with Gasteiger partial charge in [0, 0.05) is 37.7 Å². The topological polar surface area (TPSA) is 46.3 Å². The quantitative estimate of drug-likeness (QED) is 0.922. The van der Waals surface area contributed by atoms with E-state index in [0.29, 0.717) is 12.0 Å². The molecule has 1 aliphatic rings. The van der Waals surface area contributed by atoms with Crippen molar-refractivity contribution in [2.75, 3.05) is 7.05 Å². The molecule has 2 rings (SSSR count). The Morgan fingerprint density at radius 1 is 1.40 bits per heavy atom. The van der Waals surface area contributed by atoms with Crippen LogP contribution in [0.15, 0.2) is 18.2 Å². The van der Waals surface area contributed by atoms with Crippen molar-refractivity contribution in [2.24, 2.45) is 11.7 Å². The molecule has 110 valence electrons. The van der Waals surface area contributed by atoms with Crippen LogP contribution in [0.4, 0.5) is 8.78 Å². The van der Waals surface area contributed by atoms with Gasteiger partial charge in [0.05, 0.1) is 0 Å². The summed E-state index contributed by atoms with van der Waals surface area (Å²) >= 11 is 0. The van der Waals surface area contributed by atoms with Gasteiger partial charge in [-0.15, -0.1) is 0 Å². The van der Waals surface area contributed by atoms with E-state index in [1.165, 1.54) is 17.0 Å². The van der Waals surface area contributed by atoms with Crippen molar-refractivity contribution < 1.29 is 13.6 Å². The Hall–Kier alpha value is -1.49. The van der Waals surface area contributed by atoms with Gasteiger partial charge >= 0.3 is 0 Å². The molecule has 1 aliphatic carbocycles. The number of rotatable bonds is 4. The summed E-state index contributed by atoms with van der Waals surface area (Å²) < 4.78 is 26.4. The summed E-state index contributed by atoms with van der Waals surface area (Å²) in [6.45, 7) is 0.146. The average molecular weight is 282 g/mol. The normalized spacial score (nSPS) is 22.0. The molecule has 0 radical (unpaired) electrons. The second-order valence-electron chi connectivity index (χ2n) is 5.54. The summed E-state index contributed by atoms with van der Waals surface area (Å²) in [5, 5.41) is 0. The Morgan fingerprint density at radius 3 is 2.75 bits per heavy atom. The highest BCUT2D eigenvalue weighted by molar-refractivity contribution is 5.76. The highest BCUT2D eigenvalue weighted by atomic mass is 19.1. The molecule has 0 spiro atoms. The van der Waals surface area contributed by atoms with Gasteiger partial charge in [0.25, 0.3) is 0 Å². The molecule has 5 heteroatoms. The fourth-order valence-electron chi connectivity index (χ4n) is 2.69. The summed E-state index contributed by atoms with van der Waals surface area (Å²) in [4.78, 5) is 13.6. The van der Waals surface area contributed by atoms with E-state index in [9.17, 15) is 13.6 Å². The number of hydrogen-bond acceptors (Lipinski definition) is 2. The second kappa shape index (κ2) is 6.31. The Balaban J connectivity index is 1.93. The van der Waals surface area contributed by atoms with Crippen LogP contribution in [0.5, 0.6) is 0 Å². The smallest absolute Gasteiger partial charge is 0.222 e. The molecular formula is C15H20F2N2O. The number of amides is 1. The molecule has 20 heavy (non-hydrogen) atoms. The first-order chi connectivity index (χ1) is 9.47. The van der Waals surface area contributed by atoms with Gasteiger partial charge in [0.2, 0.25) is 5.91 Å². The van der Waals surface area contributed by atoms with Crippen LogP contribution < -0.4 is 5.73 Å². The van der Waals surface area contributed by atoms with Gasteiger partial charge in [-0.25, -0.2) is 8.78 Å². The lowest BCUT2D eigenvalue weighted by Gasteiger charge is -2.21. The lowest BCUT2D eigenvalue weighted by molar-refractivity contribution is -0.131. The summed E-state index contributed by atoms with van der Waals surface area (Å²) in [5.41, 5.74) is 6.27. The highest BCUT2D eigenvalue weighted by Crippen LogP contribution is 2.27. The van der Waals surface area contributed by atoms with Crippen molar-refractivity contribution in [1.82, 2.24) is 4.90 Å². The molecule has 1 saturated carbocycles. The molecule has 1 aromatic rings. The lowest BCUT2D eigenvalue weighted by atomic mass is 9.99. The molecule has 2 N–H and O–H groups in total. The van der Waals surface area contributed by atoms with Crippen LogP contribution in [0.2, 0.25) is 0 Å². The van der Waals surface area contributed by atoms with E-state index in [2.05, 4.69) is 0 Å². The lowest BCUT2D eigenvalue weighted by Crippen LogP contribution is -2.32. The molecule has 2 atom stereocenters. The van der Waals surface area contributed by atoms with Crippen LogP contribution >= 0.6 is 0 Å². The molecule has 1 aromatic carbocycles. The Labute approximate surface area is 117 Å². The van der Waals surface area contributed by atoms with Gasteiger partial charge in [-0.2, -0.15) is 0 Å². The number of hydrogen-bond donors (Lipinski definition) is 1. The minimum atomic E-state index is -0.623. The Morgan fingerprint density at radius 2 is 2.15 bits per heavy atom. The zero-order valence-electron chi connectivity index (χ0n) is 11.6. The molecule has 0 aliphatic heterocycles. The van der Waals surface area contributed by atoms with E-state index in [0.717, 1.165) is 25.3 Å². The van der Waals surface area contributed by atoms with Crippen LogP contribution in [0.25, 0.3) is 0 Å². The molecular weight excluding hydrogens is 262 g/mol. The van der Waals surface area contributed by atoms with Gasteiger partial charge in [0.15, 0.2) is 0 Å². The monoisotopic (exact) mass is 282 g/mol. The summed E-state index contributed by atoms with van der Waals surface area (Å²) in [7, 11) is 1.63. The van der Waals surface area contributed by atoms with Gasteiger partial charge in [0.1, 0.15) is 11.6 Å². The fourth-order valence-corrected chi connectivity index (χ4v) is 2.69. The van der Waals surface area contributed by atoms with E-state index in [1.807, 2.05) is 0 Å². The maximum atomic E-state index is 13.5. The van der Waals surface area contributed by atoms with Crippen molar-refractivity contribution in [3.63, 3.8) is 0 Å². The maximum Gasteiger partial charge on any atom is 0.222 e. The first kappa shape index (κ1) is 14.9. The molecule has 1 amide bonds. The van der Waals surface area contributed by atoms with Gasteiger partial charge < -0.3 is 10.6 Å². The summed E-state index contributed by atoms with van der Waals surface area (Å²) in [6.07, 6.45) is 3.41. The van der Waals surface area contributed by atoms with Gasteiger partial charge in [-0.05, 0) is 24.8 Å². The van der Waals surface area contributed by atoms with Gasteiger partial charge in [-0.3, -0.25) is 4.79 Å². The van der Waals surface area contributed by atoms with Crippen LogP contribution in [0, 0.1) is 17.6 Å². The van der Waals surface area contributed by atoms with E-state index < -0.39 is 11.6 Å². The number of nitrogens with two attached hydrogens (primary N) is 1. The van der Waals surface area contributed by atoms with E-state index in [1.54, 1.807) is 7.05 Å².